The highest BCUT2D eigenvalue weighted by molar-refractivity contribution is 5.56. The van der Waals surface area contributed by atoms with E-state index in [0.717, 1.165) is 17.0 Å². The molecule has 1 aliphatic rings. The van der Waals surface area contributed by atoms with Gasteiger partial charge in [-0.1, -0.05) is 6.42 Å². The van der Waals surface area contributed by atoms with E-state index in [1.807, 2.05) is 44.3 Å². The average Bonchev–Trinajstić information content (AvgIpc) is 2.41. The maximum Gasteiger partial charge on any atom is 0.229 e. The van der Waals surface area contributed by atoms with Crippen molar-refractivity contribution in [2.24, 2.45) is 0 Å². The van der Waals surface area contributed by atoms with Crippen LogP contribution >= 0.6 is 0 Å². The van der Waals surface area contributed by atoms with Gasteiger partial charge < -0.3 is 15.8 Å². The lowest BCUT2D eigenvalue weighted by Gasteiger charge is -2.26. The minimum Gasteiger partial charge on any atom is -0.491 e. The van der Waals surface area contributed by atoms with Gasteiger partial charge in [0.05, 0.1) is 6.10 Å². The van der Waals surface area contributed by atoms with Gasteiger partial charge in [0.15, 0.2) is 0 Å². The Labute approximate surface area is 130 Å². The molecule has 1 fully saturated rings. The fourth-order valence-corrected chi connectivity index (χ4v) is 2.52. The summed E-state index contributed by atoms with van der Waals surface area (Å²) in [6.07, 6.45) is 5.68. The third kappa shape index (κ3) is 3.30. The Kier molecular flexibility index (Phi) is 4.13. The molecule has 0 unspecified atom stereocenters. The SMILES string of the molecule is CC(C)Oc1ccc(Nc2ncc(C3CCC3)c(N)n2)cc1. The number of aromatic nitrogens is 2. The predicted octanol–water partition coefficient (Wildman–Crippen LogP) is 3.86. The number of hydrogen-bond acceptors (Lipinski definition) is 5. The monoisotopic (exact) mass is 298 g/mol. The molecule has 1 aromatic carbocycles. The minimum absolute atomic E-state index is 0.168. The zero-order chi connectivity index (χ0) is 15.5. The van der Waals surface area contributed by atoms with Gasteiger partial charge in [-0.3, -0.25) is 0 Å². The number of ether oxygens (including phenoxy) is 1. The Hall–Kier alpha value is -2.30. The molecule has 1 aromatic heterocycles. The lowest BCUT2D eigenvalue weighted by molar-refractivity contribution is 0.242. The van der Waals surface area contributed by atoms with Crippen molar-refractivity contribution in [2.75, 3.05) is 11.1 Å². The predicted molar refractivity (Wildman–Crippen MR) is 88.5 cm³/mol. The summed E-state index contributed by atoms with van der Waals surface area (Å²) in [4.78, 5) is 8.74. The van der Waals surface area contributed by atoms with Gasteiger partial charge >= 0.3 is 0 Å². The van der Waals surface area contributed by atoms with E-state index >= 15 is 0 Å². The first-order chi connectivity index (χ1) is 10.6. The van der Waals surface area contributed by atoms with Crippen molar-refractivity contribution in [1.82, 2.24) is 9.97 Å². The van der Waals surface area contributed by atoms with Crippen molar-refractivity contribution in [2.45, 2.75) is 45.1 Å². The molecule has 0 saturated heterocycles. The van der Waals surface area contributed by atoms with E-state index in [2.05, 4.69) is 15.3 Å². The number of nitrogens with one attached hydrogen (secondary N) is 1. The highest BCUT2D eigenvalue weighted by Gasteiger charge is 2.22. The van der Waals surface area contributed by atoms with E-state index in [4.69, 9.17) is 10.5 Å². The van der Waals surface area contributed by atoms with Gasteiger partial charge in [-0.15, -0.1) is 0 Å². The number of hydrogen-bond donors (Lipinski definition) is 2. The highest BCUT2D eigenvalue weighted by Crippen LogP contribution is 2.38. The topological polar surface area (TPSA) is 73.1 Å². The molecule has 2 aromatic rings. The van der Waals surface area contributed by atoms with Gasteiger partial charge in [-0.05, 0) is 56.9 Å². The van der Waals surface area contributed by atoms with Crippen LogP contribution in [0.4, 0.5) is 17.5 Å². The van der Waals surface area contributed by atoms with Crippen molar-refractivity contribution >= 4 is 17.5 Å². The maximum absolute atomic E-state index is 6.05. The van der Waals surface area contributed by atoms with E-state index in [1.165, 1.54) is 19.3 Å². The number of anilines is 3. The molecular weight excluding hydrogens is 276 g/mol. The third-order valence-electron chi connectivity index (χ3n) is 3.88. The summed E-state index contributed by atoms with van der Waals surface area (Å²) in [5, 5.41) is 3.17. The molecule has 1 heterocycles. The Morgan fingerprint density at radius 1 is 1.23 bits per heavy atom. The summed E-state index contributed by atoms with van der Waals surface area (Å²) in [5.41, 5.74) is 8.04. The van der Waals surface area contributed by atoms with Crippen LogP contribution in [0.2, 0.25) is 0 Å². The zero-order valence-electron chi connectivity index (χ0n) is 13.0. The molecule has 116 valence electrons. The van der Waals surface area contributed by atoms with Gasteiger partial charge in [0.25, 0.3) is 0 Å². The second kappa shape index (κ2) is 6.22. The van der Waals surface area contributed by atoms with Gasteiger partial charge in [-0.25, -0.2) is 4.98 Å². The van der Waals surface area contributed by atoms with E-state index in [9.17, 15) is 0 Å². The summed E-state index contributed by atoms with van der Waals surface area (Å²) >= 11 is 0. The van der Waals surface area contributed by atoms with Gasteiger partial charge in [-0.2, -0.15) is 4.98 Å². The largest absolute Gasteiger partial charge is 0.491 e. The second-order valence-corrected chi connectivity index (χ2v) is 5.98. The number of benzene rings is 1. The van der Waals surface area contributed by atoms with Crippen LogP contribution in [-0.4, -0.2) is 16.1 Å². The van der Waals surface area contributed by atoms with Crippen LogP contribution in [0.1, 0.15) is 44.6 Å². The fraction of sp³-hybridized carbons (Fsp3) is 0.412. The molecule has 5 nitrogen and oxygen atoms in total. The molecule has 0 aliphatic heterocycles. The van der Waals surface area contributed by atoms with Crippen molar-refractivity contribution in [3.63, 3.8) is 0 Å². The molecule has 5 heteroatoms. The summed E-state index contributed by atoms with van der Waals surface area (Å²) in [7, 11) is 0. The molecule has 0 bridgehead atoms. The molecule has 3 rings (SSSR count). The maximum atomic E-state index is 6.05. The minimum atomic E-state index is 0.168. The van der Waals surface area contributed by atoms with Crippen LogP contribution < -0.4 is 15.8 Å². The molecule has 0 spiro atoms. The molecule has 1 aliphatic carbocycles. The van der Waals surface area contributed by atoms with Gasteiger partial charge in [0.1, 0.15) is 11.6 Å². The van der Waals surface area contributed by atoms with Crippen LogP contribution in [0, 0.1) is 0 Å². The first-order valence-corrected chi connectivity index (χ1v) is 7.78. The van der Waals surface area contributed by atoms with Crippen molar-refractivity contribution in [1.29, 1.82) is 0 Å². The number of nitrogens with two attached hydrogens (primary N) is 1. The molecular formula is C17H22N4O. The van der Waals surface area contributed by atoms with Crippen molar-refractivity contribution in [3.8, 4) is 5.75 Å². The van der Waals surface area contributed by atoms with E-state index in [-0.39, 0.29) is 6.10 Å². The van der Waals surface area contributed by atoms with Crippen LogP contribution in [0.5, 0.6) is 5.75 Å². The first kappa shape index (κ1) is 14.6. The normalized spacial score (nSPS) is 14.7. The van der Waals surface area contributed by atoms with Gasteiger partial charge in [0, 0.05) is 17.4 Å². The number of rotatable bonds is 5. The summed E-state index contributed by atoms with van der Waals surface area (Å²) in [6, 6.07) is 7.73. The number of nitrogens with zero attached hydrogens (tertiary/aromatic N) is 2. The smallest absolute Gasteiger partial charge is 0.229 e. The Morgan fingerprint density at radius 2 is 1.95 bits per heavy atom. The number of nitrogen functional groups attached to an aromatic ring is 1. The van der Waals surface area contributed by atoms with E-state index in [0.29, 0.717) is 17.7 Å². The second-order valence-electron chi connectivity index (χ2n) is 5.98. The average molecular weight is 298 g/mol. The molecule has 22 heavy (non-hydrogen) atoms. The van der Waals surface area contributed by atoms with Crippen molar-refractivity contribution < 1.29 is 4.74 Å². The molecule has 0 atom stereocenters. The fourth-order valence-electron chi connectivity index (χ4n) is 2.52. The van der Waals surface area contributed by atoms with Crippen LogP contribution in [0.15, 0.2) is 30.5 Å². The molecule has 3 N–H and O–H groups in total. The van der Waals surface area contributed by atoms with Crippen molar-refractivity contribution in [3.05, 3.63) is 36.0 Å². The molecule has 0 amide bonds. The van der Waals surface area contributed by atoms with E-state index < -0.39 is 0 Å². The quantitative estimate of drug-likeness (QED) is 0.877. The summed E-state index contributed by atoms with van der Waals surface area (Å²) < 4.78 is 5.62. The van der Waals surface area contributed by atoms with Crippen LogP contribution in [-0.2, 0) is 0 Å². The molecule has 1 saturated carbocycles. The Morgan fingerprint density at radius 3 is 2.50 bits per heavy atom. The third-order valence-corrected chi connectivity index (χ3v) is 3.88. The Balaban J connectivity index is 1.68. The lowest BCUT2D eigenvalue weighted by Crippen LogP contribution is -2.13. The first-order valence-electron chi connectivity index (χ1n) is 7.78. The van der Waals surface area contributed by atoms with Crippen LogP contribution in [0.25, 0.3) is 0 Å². The van der Waals surface area contributed by atoms with E-state index in [1.54, 1.807) is 0 Å². The van der Waals surface area contributed by atoms with Gasteiger partial charge in [0.2, 0.25) is 5.95 Å². The Bertz CT molecular complexity index is 636. The summed E-state index contributed by atoms with van der Waals surface area (Å²) in [6.45, 7) is 4.01. The van der Waals surface area contributed by atoms with Crippen LogP contribution in [0.3, 0.4) is 0 Å². The highest BCUT2D eigenvalue weighted by atomic mass is 16.5. The standard InChI is InChI=1S/C17H22N4O/c1-11(2)22-14-8-6-13(7-9-14)20-17-19-10-15(16(18)21-17)12-4-3-5-12/h6-12H,3-5H2,1-2H3,(H3,18,19,20,21). The zero-order valence-corrected chi connectivity index (χ0v) is 13.0. The summed E-state index contributed by atoms with van der Waals surface area (Å²) in [5.74, 6) is 2.50. The molecule has 0 radical (unpaired) electrons. The lowest BCUT2D eigenvalue weighted by atomic mass is 9.81.